The highest BCUT2D eigenvalue weighted by Crippen LogP contribution is 2.25. The quantitative estimate of drug-likeness (QED) is 0.740. The van der Waals surface area contributed by atoms with Gasteiger partial charge in [-0.25, -0.2) is 4.68 Å². The standard InChI is InChI=1S/C21H31N5O3/c1-16(20-4-3-17(2)29-20)5-8-24-9-6-18(7-10-24)26-15-19(22-23-26)21(27)25-11-13-28-14-12-25/h3-4,15-16,18H,5-14H2,1-2H3. The van der Waals surface area contributed by atoms with E-state index in [0.717, 1.165) is 50.4 Å². The number of rotatable bonds is 6. The third-order valence-corrected chi connectivity index (χ3v) is 6.08. The van der Waals surface area contributed by atoms with Gasteiger partial charge >= 0.3 is 0 Å². The fraction of sp³-hybridized carbons (Fsp3) is 0.667. The fourth-order valence-corrected chi connectivity index (χ4v) is 4.13. The second-order valence-corrected chi connectivity index (χ2v) is 8.20. The molecule has 0 bridgehead atoms. The molecule has 2 fully saturated rings. The number of piperidine rings is 1. The Morgan fingerprint density at radius 3 is 2.66 bits per heavy atom. The van der Waals surface area contributed by atoms with E-state index in [9.17, 15) is 4.79 Å². The number of morpholine rings is 1. The average Bonchev–Trinajstić information content (AvgIpc) is 3.42. The maximum atomic E-state index is 12.6. The molecule has 0 aliphatic carbocycles. The highest BCUT2D eigenvalue weighted by molar-refractivity contribution is 5.92. The average molecular weight is 402 g/mol. The molecule has 4 heterocycles. The second kappa shape index (κ2) is 9.09. The maximum absolute atomic E-state index is 12.6. The monoisotopic (exact) mass is 401 g/mol. The van der Waals surface area contributed by atoms with E-state index in [2.05, 4.69) is 28.2 Å². The zero-order chi connectivity index (χ0) is 20.2. The molecule has 2 aromatic rings. The van der Waals surface area contributed by atoms with Crippen LogP contribution in [0.4, 0.5) is 0 Å². The second-order valence-electron chi connectivity index (χ2n) is 8.20. The van der Waals surface area contributed by atoms with Gasteiger partial charge in [0.25, 0.3) is 5.91 Å². The number of ether oxygens (including phenoxy) is 1. The summed E-state index contributed by atoms with van der Waals surface area (Å²) in [7, 11) is 0. The number of amides is 1. The van der Waals surface area contributed by atoms with E-state index < -0.39 is 0 Å². The van der Waals surface area contributed by atoms with Crippen LogP contribution in [0.1, 0.15) is 60.2 Å². The van der Waals surface area contributed by atoms with Crippen LogP contribution in [0.3, 0.4) is 0 Å². The minimum Gasteiger partial charge on any atom is -0.466 e. The topological polar surface area (TPSA) is 76.6 Å². The van der Waals surface area contributed by atoms with Crippen LogP contribution in [0.15, 0.2) is 22.7 Å². The number of furan rings is 1. The number of carbonyl (C=O) groups excluding carboxylic acids is 1. The number of hydrogen-bond donors (Lipinski definition) is 0. The number of hydrogen-bond acceptors (Lipinski definition) is 6. The van der Waals surface area contributed by atoms with Crippen molar-refractivity contribution in [2.45, 2.75) is 45.1 Å². The maximum Gasteiger partial charge on any atom is 0.276 e. The molecule has 2 aliphatic heterocycles. The molecule has 0 spiro atoms. The van der Waals surface area contributed by atoms with Crippen LogP contribution >= 0.6 is 0 Å². The van der Waals surface area contributed by atoms with Crippen molar-refractivity contribution >= 4 is 5.91 Å². The molecule has 2 aromatic heterocycles. The van der Waals surface area contributed by atoms with E-state index in [1.54, 1.807) is 4.90 Å². The zero-order valence-corrected chi connectivity index (χ0v) is 17.4. The third-order valence-electron chi connectivity index (χ3n) is 6.08. The molecular weight excluding hydrogens is 370 g/mol. The van der Waals surface area contributed by atoms with E-state index in [1.807, 2.05) is 23.9 Å². The Hall–Kier alpha value is -2.19. The van der Waals surface area contributed by atoms with Crippen LogP contribution < -0.4 is 0 Å². The number of aryl methyl sites for hydroxylation is 1. The summed E-state index contributed by atoms with van der Waals surface area (Å²) in [6.45, 7) is 9.82. The number of carbonyl (C=O) groups is 1. The van der Waals surface area contributed by atoms with Crippen LogP contribution in [0.2, 0.25) is 0 Å². The Bertz CT molecular complexity index is 803. The van der Waals surface area contributed by atoms with Crippen molar-refractivity contribution < 1.29 is 13.9 Å². The van der Waals surface area contributed by atoms with Gasteiger partial charge in [-0.15, -0.1) is 5.10 Å². The Morgan fingerprint density at radius 1 is 1.21 bits per heavy atom. The summed E-state index contributed by atoms with van der Waals surface area (Å²) >= 11 is 0. The van der Waals surface area contributed by atoms with Gasteiger partial charge in [0.1, 0.15) is 11.5 Å². The number of likely N-dealkylation sites (tertiary alicyclic amines) is 1. The van der Waals surface area contributed by atoms with Crippen LogP contribution in [0.5, 0.6) is 0 Å². The lowest BCUT2D eigenvalue weighted by Gasteiger charge is -2.32. The molecule has 1 amide bonds. The van der Waals surface area contributed by atoms with Gasteiger partial charge in [-0.1, -0.05) is 12.1 Å². The van der Waals surface area contributed by atoms with Gasteiger partial charge < -0.3 is 19.0 Å². The number of aromatic nitrogens is 3. The van der Waals surface area contributed by atoms with E-state index in [-0.39, 0.29) is 5.91 Å². The predicted molar refractivity (Wildman–Crippen MR) is 108 cm³/mol. The van der Waals surface area contributed by atoms with Crippen molar-refractivity contribution in [3.63, 3.8) is 0 Å². The summed E-state index contributed by atoms with van der Waals surface area (Å²) in [6, 6.07) is 4.44. The molecule has 2 saturated heterocycles. The van der Waals surface area contributed by atoms with Gasteiger partial charge in [-0.2, -0.15) is 0 Å². The van der Waals surface area contributed by atoms with E-state index in [0.29, 0.717) is 44.0 Å². The summed E-state index contributed by atoms with van der Waals surface area (Å²) in [5.74, 6) is 2.45. The highest BCUT2D eigenvalue weighted by Gasteiger charge is 2.25. The first kappa shape index (κ1) is 20.1. The molecule has 0 saturated carbocycles. The lowest BCUT2D eigenvalue weighted by molar-refractivity contribution is 0.0299. The third kappa shape index (κ3) is 4.87. The molecule has 4 rings (SSSR count). The zero-order valence-electron chi connectivity index (χ0n) is 17.4. The molecule has 158 valence electrons. The van der Waals surface area contributed by atoms with Crippen LogP contribution in [-0.2, 0) is 4.74 Å². The van der Waals surface area contributed by atoms with Gasteiger partial charge in [0, 0.05) is 32.1 Å². The normalized spacial score (nSPS) is 20.1. The summed E-state index contributed by atoms with van der Waals surface area (Å²) < 4.78 is 13.0. The lowest BCUT2D eigenvalue weighted by Crippen LogP contribution is -2.40. The lowest BCUT2D eigenvalue weighted by atomic mass is 10.0. The summed E-state index contributed by atoms with van der Waals surface area (Å²) in [4.78, 5) is 16.9. The Morgan fingerprint density at radius 2 is 1.97 bits per heavy atom. The predicted octanol–water partition coefficient (Wildman–Crippen LogP) is 2.48. The van der Waals surface area contributed by atoms with Crippen molar-refractivity contribution in [3.8, 4) is 0 Å². The van der Waals surface area contributed by atoms with Crippen molar-refractivity contribution in [1.82, 2.24) is 24.8 Å². The molecule has 2 aliphatic rings. The summed E-state index contributed by atoms with van der Waals surface area (Å²) in [5, 5.41) is 8.39. The van der Waals surface area contributed by atoms with Gasteiger partial charge in [-0.3, -0.25) is 4.79 Å². The van der Waals surface area contributed by atoms with Crippen molar-refractivity contribution in [2.24, 2.45) is 0 Å². The van der Waals surface area contributed by atoms with Crippen molar-refractivity contribution in [2.75, 3.05) is 45.9 Å². The van der Waals surface area contributed by atoms with Crippen LogP contribution in [0.25, 0.3) is 0 Å². The summed E-state index contributed by atoms with van der Waals surface area (Å²) in [5.41, 5.74) is 0.442. The van der Waals surface area contributed by atoms with E-state index in [4.69, 9.17) is 9.15 Å². The first-order chi connectivity index (χ1) is 14.1. The van der Waals surface area contributed by atoms with Crippen molar-refractivity contribution in [1.29, 1.82) is 0 Å². The van der Waals surface area contributed by atoms with Crippen LogP contribution in [0, 0.1) is 6.92 Å². The molecule has 8 heteroatoms. The van der Waals surface area contributed by atoms with Gasteiger partial charge in [0.15, 0.2) is 5.69 Å². The molecule has 0 aromatic carbocycles. The molecule has 1 unspecified atom stereocenters. The molecule has 1 atom stereocenters. The van der Waals surface area contributed by atoms with Crippen molar-refractivity contribution in [3.05, 3.63) is 35.5 Å². The Labute approximate surface area is 171 Å². The highest BCUT2D eigenvalue weighted by atomic mass is 16.5. The smallest absolute Gasteiger partial charge is 0.276 e. The molecule has 29 heavy (non-hydrogen) atoms. The first-order valence-electron chi connectivity index (χ1n) is 10.7. The summed E-state index contributed by atoms with van der Waals surface area (Å²) in [6.07, 6.45) is 4.98. The van der Waals surface area contributed by atoms with Gasteiger partial charge in [0.05, 0.1) is 25.5 Å². The minimum atomic E-state index is -0.0425. The Balaban J connectivity index is 1.24. The molecular formula is C21H31N5O3. The molecule has 0 radical (unpaired) electrons. The van der Waals surface area contributed by atoms with Crippen LogP contribution in [-0.4, -0.2) is 76.6 Å². The van der Waals surface area contributed by atoms with Gasteiger partial charge in [-0.05, 0) is 44.9 Å². The molecule has 0 N–H and O–H groups in total. The fourth-order valence-electron chi connectivity index (χ4n) is 4.13. The largest absolute Gasteiger partial charge is 0.466 e. The number of nitrogens with zero attached hydrogens (tertiary/aromatic N) is 5. The van der Waals surface area contributed by atoms with E-state index >= 15 is 0 Å². The van der Waals surface area contributed by atoms with Gasteiger partial charge in [0.2, 0.25) is 0 Å². The first-order valence-corrected chi connectivity index (χ1v) is 10.7. The Kier molecular flexibility index (Phi) is 6.30. The SMILES string of the molecule is Cc1ccc(C(C)CCN2CCC(n3cc(C(=O)N4CCOCC4)nn3)CC2)o1. The molecule has 8 nitrogen and oxygen atoms in total. The van der Waals surface area contributed by atoms with E-state index in [1.165, 1.54) is 0 Å². The minimum absolute atomic E-state index is 0.0425.